The third-order valence-electron chi connectivity index (χ3n) is 1.21. The first-order valence-electron chi connectivity index (χ1n) is 2.79. The molecule has 4 heteroatoms. The van der Waals surface area contributed by atoms with E-state index in [0.29, 0.717) is 0 Å². The SMILES string of the molecule is N#Cc1cc(F)c(N)c(F)c1. The minimum atomic E-state index is -0.901. The molecule has 2 nitrogen and oxygen atoms in total. The standard InChI is InChI=1S/C7H4F2N2/c8-5-1-4(3-10)2-6(9)7(5)11/h1-2H,11H2. The van der Waals surface area contributed by atoms with Crippen LogP contribution < -0.4 is 5.73 Å². The van der Waals surface area contributed by atoms with E-state index < -0.39 is 17.3 Å². The number of nitrogens with zero attached hydrogens (tertiary/aromatic N) is 1. The van der Waals surface area contributed by atoms with Gasteiger partial charge in [0.2, 0.25) is 0 Å². The second-order valence-electron chi connectivity index (χ2n) is 1.97. The van der Waals surface area contributed by atoms with Gasteiger partial charge in [-0.1, -0.05) is 0 Å². The van der Waals surface area contributed by atoms with Crippen molar-refractivity contribution in [3.63, 3.8) is 0 Å². The first-order chi connectivity index (χ1) is 5.15. The zero-order chi connectivity index (χ0) is 8.43. The van der Waals surface area contributed by atoms with Crippen molar-refractivity contribution in [2.45, 2.75) is 0 Å². The minimum absolute atomic E-state index is 0.0748. The second kappa shape index (κ2) is 2.54. The molecule has 0 radical (unpaired) electrons. The quantitative estimate of drug-likeness (QED) is 0.574. The zero-order valence-corrected chi connectivity index (χ0v) is 5.44. The molecule has 0 atom stereocenters. The van der Waals surface area contributed by atoms with Crippen LogP contribution in [0.3, 0.4) is 0 Å². The highest BCUT2D eigenvalue weighted by atomic mass is 19.1. The van der Waals surface area contributed by atoms with E-state index in [1.54, 1.807) is 6.07 Å². The highest BCUT2D eigenvalue weighted by Crippen LogP contribution is 2.16. The van der Waals surface area contributed by atoms with E-state index in [1.165, 1.54) is 0 Å². The summed E-state index contributed by atoms with van der Waals surface area (Å²) >= 11 is 0. The molecular weight excluding hydrogens is 150 g/mol. The molecule has 0 saturated heterocycles. The molecule has 1 rings (SSSR count). The first-order valence-corrected chi connectivity index (χ1v) is 2.79. The Hall–Kier alpha value is -1.63. The van der Waals surface area contributed by atoms with E-state index >= 15 is 0 Å². The monoisotopic (exact) mass is 154 g/mol. The molecule has 1 aromatic carbocycles. The third-order valence-corrected chi connectivity index (χ3v) is 1.21. The van der Waals surface area contributed by atoms with Gasteiger partial charge >= 0.3 is 0 Å². The Balaban J connectivity index is 3.35. The maximum Gasteiger partial charge on any atom is 0.150 e. The second-order valence-corrected chi connectivity index (χ2v) is 1.97. The Bertz CT molecular complexity index is 305. The van der Waals surface area contributed by atoms with Gasteiger partial charge in [-0.2, -0.15) is 5.26 Å². The summed E-state index contributed by atoms with van der Waals surface area (Å²) in [6.07, 6.45) is 0. The summed E-state index contributed by atoms with van der Waals surface area (Å²) in [5, 5.41) is 8.25. The van der Waals surface area contributed by atoms with E-state index in [1.807, 2.05) is 0 Å². The molecule has 0 saturated carbocycles. The van der Waals surface area contributed by atoms with Gasteiger partial charge in [0.25, 0.3) is 0 Å². The fourth-order valence-electron chi connectivity index (χ4n) is 0.649. The maximum absolute atomic E-state index is 12.5. The van der Waals surface area contributed by atoms with Gasteiger partial charge in [0.05, 0.1) is 11.6 Å². The Morgan fingerprint density at radius 2 is 1.73 bits per heavy atom. The average Bonchev–Trinajstić information content (AvgIpc) is 1.99. The van der Waals surface area contributed by atoms with Gasteiger partial charge in [0.15, 0.2) is 0 Å². The van der Waals surface area contributed by atoms with Gasteiger partial charge in [-0.25, -0.2) is 8.78 Å². The first kappa shape index (κ1) is 7.48. The fourth-order valence-corrected chi connectivity index (χ4v) is 0.649. The number of nitrogens with two attached hydrogens (primary N) is 1. The van der Waals surface area contributed by atoms with E-state index in [9.17, 15) is 8.78 Å². The molecule has 11 heavy (non-hydrogen) atoms. The third kappa shape index (κ3) is 1.27. The van der Waals surface area contributed by atoms with Gasteiger partial charge in [-0.3, -0.25) is 0 Å². The summed E-state index contributed by atoms with van der Waals surface area (Å²) in [6.45, 7) is 0. The van der Waals surface area contributed by atoms with Crippen molar-refractivity contribution in [1.29, 1.82) is 5.26 Å². The van der Waals surface area contributed by atoms with E-state index in [-0.39, 0.29) is 5.56 Å². The molecule has 0 unspecified atom stereocenters. The molecule has 1 aromatic rings. The van der Waals surface area contributed by atoms with Crippen LogP contribution in [0, 0.1) is 23.0 Å². The lowest BCUT2D eigenvalue weighted by Gasteiger charge is -1.97. The smallest absolute Gasteiger partial charge is 0.150 e. The van der Waals surface area contributed by atoms with Gasteiger partial charge in [-0.05, 0) is 12.1 Å². The molecule has 0 fully saturated rings. The number of nitrogen functional groups attached to an aromatic ring is 1. The van der Waals surface area contributed by atoms with Crippen molar-refractivity contribution in [3.8, 4) is 6.07 Å². The van der Waals surface area contributed by atoms with E-state index in [2.05, 4.69) is 0 Å². The Morgan fingerprint density at radius 3 is 2.09 bits per heavy atom. The van der Waals surface area contributed by atoms with Crippen molar-refractivity contribution >= 4 is 5.69 Å². The number of halogens is 2. The Kier molecular flexibility index (Phi) is 1.73. The summed E-state index contributed by atoms with van der Waals surface area (Å²) in [6, 6.07) is 3.37. The van der Waals surface area contributed by atoms with Crippen molar-refractivity contribution < 1.29 is 8.78 Å². The number of hydrogen-bond donors (Lipinski definition) is 1. The molecule has 0 heterocycles. The number of anilines is 1. The van der Waals surface area contributed by atoms with Crippen LogP contribution in [-0.4, -0.2) is 0 Å². The Morgan fingerprint density at radius 1 is 1.27 bits per heavy atom. The lowest BCUT2D eigenvalue weighted by Crippen LogP contribution is -1.95. The highest BCUT2D eigenvalue weighted by Gasteiger charge is 2.06. The van der Waals surface area contributed by atoms with Crippen LogP contribution in [0.15, 0.2) is 12.1 Å². The molecule has 0 amide bonds. The molecule has 0 aliphatic rings. The highest BCUT2D eigenvalue weighted by molar-refractivity contribution is 5.46. The molecule has 0 aliphatic heterocycles. The number of hydrogen-bond acceptors (Lipinski definition) is 2. The fraction of sp³-hybridized carbons (Fsp3) is 0. The molecule has 0 bridgehead atoms. The largest absolute Gasteiger partial charge is 0.394 e. The normalized spacial score (nSPS) is 9.18. The molecule has 0 aliphatic carbocycles. The van der Waals surface area contributed by atoms with Crippen molar-refractivity contribution in [2.75, 3.05) is 5.73 Å². The summed E-state index contributed by atoms with van der Waals surface area (Å²) in [5.41, 5.74) is 4.32. The van der Waals surface area contributed by atoms with Crippen molar-refractivity contribution in [1.82, 2.24) is 0 Å². The maximum atomic E-state index is 12.5. The number of nitriles is 1. The summed E-state index contributed by atoms with van der Waals surface area (Å²) in [5.74, 6) is -1.80. The van der Waals surface area contributed by atoms with E-state index in [0.717, 1.165) is 12.1 Å². The molecule has 56 valence electrons. The number of benzene rings is 1. The van der Waals surface area contributed by atoms with Crippen LogP contribution >= 0.6 is 0 Å². The van der Waals surface area contributed by atoms with Gasteiger partial charge in [-0.15, -0.1) is 0 Å². The topological polar surface area (TPSA) is 49.8 Å². The van der Waals surface area contributed by atoms with E-state index in [4.69, 9.17) is 11.0 Å². The molecular formula is C7H4F2N2. The zero-order valence-electron chi connectivity index (χ0n) is 5.44. The minimum Gasteiger partial charge on any atom is -0.394 e. The van der Waals surface area contributed by atoms with Crippen LogP contribution in [0.5, 0.6) is 0 Å². The predicted molar refractivity (Wildman–Crippen MR) is 35.5 cm³/mol. The summed E-state index contributed by atoms with van der Waals surface area (Å²) in [4.78, 5) is 0. The predicted octanol–water partition coefficient (Wildman–Crippen LogP) is 1.42. The van der Waals surface area contributed by atoms with Crippen molar-refractivity contribution in [3.05, 3.63) is 29.3 Å². The van der Waals surface area contributed by atoms with Crippen LogP contribution in [0.2, 0.25) is 0 Å². The van der Waals surface area contributed by atoms with Crippen LogP contribution in [0.1, 0.15) is 5.56 Å². The average molecular weight is 154 g/mol. The molecule has 2 N–H and O–H groups in total. The summed E-state index contributed by atoms with van der Waals surface area (Å²) in [7, 11) is 0. The molecule has 0 spiro atoms. The van der Waals surface area contributed by atoms with Crippen LogP contribution in [0.25, 0.3) is 0 Å². The van der Waals surface area contributed by atoms with Crippen LogP contribution in [-0.2, 0) is 0 Å². The van der Waals surface area contributed by atoms with Gasteiger partial charge in [0.1, 0.15) is 17.3 Å². The van der Waals surface area contributed by atoms with Crippen molar-refractivity contribution in [2.24, 2.45) is 0 Å². The lowest BCUT2D eigenvalue weighted by atomic mass is 10.2. The Labute approximate surface area is 61.9 Å². The van der Waals surface area contributed by atoms with Gasteiger partial charge in [0, 0.05) is 0 Å². The molecule has 0 aromatic heterocycles. The summed E-state index contributed by atoms with van der Waals surface area (Å²) < 4.78 is 25.0. The van der Waals surface area contributed by atoms with Gasteiger partial charge < -0.3 is 5.73 Å². The number of rotatable bonds is 0. The van der Waals surface area contributed by atoms with Crippen LogP contribution in [0.4, 0.5) is 14.5 Å². The lowest BCUT2D eigenvalue weighted by molar-refractivity contribution is 0.591.